The van der Waals surface area contributed by atoms with E-state index in [9.17, 15) is 42.9 Å². The molecule has 21 nitrogen and oxygen atoms in total. The first-order valence-electron chi connectivity index (χ1n) is 11.7. The molecule has 0 saturated carbocycles. The van der Waals surface area contributed by atoms with Gasteiger partial charge in [-0.25, -0.2) is 33.2 Å². The van der Waals surface area contributed by atoms with Crippen molar-refractivity contribution < 1.29 is 69.7 Å². The smallest absolute Gasteiger partial charge is 0.390 e. The Labute approximate surface area is 232 Å². The number of imidazole rings is 1. The predicted octanol–water partition coefficient (Wildman–Crippen LogP) is 1.06. The molecule has 1 aliphatic rings. The Morgan fingerprint density at radius 2 is 1.51 bits per heavy atom. The van der Waals surface area contributed by atoms with Gasteiger partial charge in [0, 0.05) is 6.42 Å². The largest absolute Gasteiger partial charge is 0.490 e. The van der Waals surface area contributed by atoms with Gasteiger partial charge in [0.05, 0.1) is 25.6 Å². The zero-order valence-electron chi connectivity index (χ0n) is 21.1. The summed E-state index contributed by atoms with van der Waals surface area (Å²) < 4.78 is 75.8. The van der Waals surface area contributed by atoms with Gasteiger partial charge in [-0.3, -0.25) is 13.6 Å². The Kier molecular flexibility index (Phi) is 11.7. The van der Waals surface area contributed by atoms with Crippen molar-refractivity contribution in [1.82, 2.24) is 19.5 Å². The van der Waals surface area contributed by atoms with Gasteiger partial charge in [-0.1, -0.05) is 12.8 Å². The van der Waals surface area contributed by atoms with E-state index in [0.717, 1.165) is 0 Å². The van der Waals surface area contributed by atoms with Gasteiger partial charge in [0.1, 0.15) is 24.2 Å². The minimum absolute atomic E-state index is 0.0520. The summed E-state index contributed by atoms with van der Waals surface area (Å²) in [7, 11) is -22.6. The fourth-order valence-electron chi connectivity index (χ4n) is 3.53. The van der Waals surface area contributed by atoms with Gasteiger partial charge in [-0.2, -0.15) is 12.9 Å². The first kappa shape index (κ1) is 34.3. The molecule has 1 saturated heterocycles. The minimum atomic E-state index is -5.94. The summed E-state index contributed by atoms with van der Waals surface area (Å²) in [4.78, 5) is 50.5. The number of rotatable bonds is 17. The summed E-state index contributed by atoms with van der Waals surface area (Å²) in [6.07, 6.45) is 1.29. The van der Waals surface area contributed by atoms with Crippen LogP contribution in [-0.4, -0.2) is 76.2 Å². The van der Waals surface area contributed by atoms with Gasteiger partial charge >= 0.3 is 31.3 Å². The summed E-state index contributed by atoms with van der Waals surface area (Å²) in [6, 6.07) is 0. The summed E-state index contributed by atoms with van der Waals surface area (Å²) in [5.41, 5.74) is 11.6. The van der Waals surface area contributed by atoms with Crippen LogP contribution < -0.4 is 11.5 Å². The number of fused-ring (bicyclic) bond motifs is 1. The first-order chi connectivity index (χ1) is 19.0. The Morgan fingerprint density at radius 3 is 2.17 bits per heavy atom. The molecular formula is C16H30N6O15P4. The highest BCUT2D eigenvalue weighted by Crippen LogP contribution is 2.71. The Balaban J connectivity index is 1.51. The topological polar surface area (TPSA) is 320 Å². The van der Waals surface area contributed by atoms with Crippen LogP contribution in [0.1, 0.15) is 38.3 Å². The van der Waals surface area contributed by atoms with E-state index >= 15 is 0 Å². The predicted molar refractivity (Wildman–Crippen MR) is 136 cm³/mol. The molecule has 0 spiro atoms. The van der Waals surface area contributed by atoms with E-state index in [1.165, 1.54) is 17.2 Å². The lowest BCUT2D eigenvalue weighted by Gasteiger charge is -2.21. The molecule has 25 heteroatoms. The van der Waals surface area contributed by atoms with Gasteiger partial charge in [-0.15, -0.1) is 0 Å². The van der Waals surface area contributed by atoms with Crippen molar-refractivity contribution in [3.63, 3.8) is 0 Å². The van der Waals surface area contributed by atoms with Crippen molar-refractivity contribution in [3.8, 4) is 0 Å². The molecule has 0 aromatic carbocycles. The average Bonchev–Trinajstić information content (AvgIpc) is 3.41. The number of nitrogens with zero attached hydrogens (tertiary/aromatic N) is 4. The van der Waals surface area contributed by atoms with Crippen LogP contribution in [0.15, 0.2) is 12.7 Å². The standard InChI is InChI=1S/C16H30N6O15P4/c17-5-3-1-2-4-6-32-38(24,25)35-40(28,29)37-41(30,31)36-39(26,27)33-8-12-11(23)7-13(34-12)22-10-21-14-15(18)19-9-20-16(14)22/h9-13,23H,1-8,17H2,(H,24,25)(H,26,27)(H,28,29)(H,30,31)(H2,18,19,20)/t11?,12-,13-/m1/s1. The normalized spacial score (nSPS) is 25.4. The molecule has 7 atom stereocenters. The highest BCUT2D eigenvalue weighted by molar-refractivity contribution is 7.69. The molecule has 0 bridgehead atoms. The van der Waals surface area contributed by atoms with Crippen molar-refractivity contribution in [2.75, 3.05) is 25.5 Å². The fourth-order valence-corrected chi connectivity index (χ4v) is 8.51. The van der Waals surface area contributed by atoms with Crippen molar-refractivity contribution in [1.29, 1.82) is 0 Å². The zero-order chi connectivity index (χ0) is 30.5. The number of hydrogen-bond donors (Lipinski definition) is 7. The first-order valence-corrected chi connectivity index (χ1v) is 17.7. The number of unbranched alkanes of at least 4 members (excludes halogenated alkanes) is 3. The third-order valence-corrected chi connectivity index (χ3v) is 11.2. The van der Waals surface area contributed by atoms with Crippen molar-refractivity contribution >= 4 is 48.3 Å². The van der Waals surface area contributed by atoms with E-state index in [0.29, 0.717) is 25.8 Å². The SMILES string of the molecule is NCCCCCCOP(=O)(O)OP(=O)(O)OP(=O)(O)OP(=O)(O)OC[C@H]1O[C@@H](n2cnc3c(N)ncnc32)CC1O. The molecule has 1 aliphatic heterocycles. The van der Waals surface area contributed by atoms with E-state index in [2.05, 4.69) is 36.9 Å². The lowest BCUT2D eigenvalue weighted by atomic mass is 10.2. The Morgan fingerprint density at radius 1 is 0.902 bits per heavy atom. The van der Waals surface area contributed by atoms with E-state index in [1.54, 1.807) is 0 Å². The van der Waals surface area contributed by atoms with Crippen LogP contribution in [0.3, 0.4) is 0 Å². The average molecular weight is 670 g/mol. The number of phosphoric ester groups is 2. The summed E-state index contributed by atoms with van der Waals surface area (Å²) in [5.74, 6) is 0.0995. The van der Waals surface area contributed by atoms with Crippen LogP contribution >= 0.6 is 31.3 Å². The second kappa shape index (κ2) is 14.1. The van der Waals surface area contributed by atoms with Gasteiger partial charge in [0.2, 0.25) is 0 Å². The van der Waals surface area contributed by atoms with Crippen molar-refractivity contribution in [2.45, 2.75) is 50.5 Å². The maximum absolute atomic E-state index is 12.2. The lowest BCUT2D eigenvalue weighted by molar-refractivity contribution is -0.0423. The number of aromatic nitrogens is 4. The molecule has 0 radical (unpaired) electrons. The van der Waals surface area contributed by atoms with Gasteiger partial charge in [0.15, 0.2) is 11.5 Å². The van der Waals surface area contributed by atoms with Crippen LogP contribution in [0.25, 0.3) is 11.2 Å². The van der Waals surface area contributed by atoms with E-state index < -0.39 is 56.3 Å². The van der Waals surface area contributed by atoms with E-state index in [1.807, 2.05) is 0 Å². The van der Waals surface area contributed by atoms with Gasteiger partial charge < -0.3 is 40.9 Å². The number of nitrogen functional groups attached to an aromatic ring is 1. The summed E-state index contributed by atoms with van der Waals surface area (Å²) >= 11 is 0. The molecular weight excluding hydrogens is 640 g/mol. The van der Waals surface area contributed by atoms with Crippen LogP contribution in [0.5, 0.6) is 0 Å². The van der Waals surface area contributed by atoms with Crippen molar-refractivity contribution in [3.05, 3.63) is 12.7 Å². The van der Waals surface area contributed by atoms with E-state index in [-0.39, 0.29) is 36.4 Å². The number of aliphatic hydroxyl groups is 1. The molecule has 2 aromatic heterocycles. The molecule has 234 valence electrons. The number of hydrogen-bond acceptors (Lipinski definition) is 16. The second-order valence-electron chi connectivity index (χ2n) is 8.47. The van der Waals surface area contributed by atoms with Crippen LogP contribution in [0.2, 0.25) is 0 Å². The number of aliphatic hydroxyl groups excluding tert-OH is 1. The summed E-state index contributed by atoms with van der Waals surface area (Å²) in [5, 5.41) is 10.3. The highest BCUT2D eigenvalue weighted by atomic mass is 31.3. The zero-order valence-corrected chi connectivity index (χ0v) is 24.7. The maximum atomic E-state index is 12.2. The maximum Gasteiger partial charge on any atom is 0.490 e. The quantitative estimate of drug-likeness (QED) is 0.0913. The molecule has 3 rings (SSSR count). The summed E-state index contributed by atoms with van der Waals surface area (Å²) in [6.45, 7) is -0.788. The molecule has 1 fully saturated rings. The molecule has 5 unspecified atom stereocenters. The number of ether oxygens (including phenoxy) is 1. The van der Waals surface area contributed by atoms with Crippen molar-refractivity contribution in [2.24, 2.45) is 5.73 Å². The van der Waals surface area contributed by atoms with Crippen LogP contribution in [-0.2, 0) is 45.0 Å². The molecule has 0 aliphatic carbocycles. The number of nitrogens with two attached hydrogens (primary N) is 2. The van der Waals surface area contributed by atoms with Crippen LogP contribution in [0, 0.1) is 0 Å². The number of anilines is 1. The Bertz CT molecular complexity index is 1380. The lowest BCUT2D eigenvalue weighted by Crippen LogP contribution is -2.26. The molecule has 3 heterocycles. The molecule has 41 heavy (non-hydrogen) atoms. The molecule has 2 aromatic rings. The second-order valence-corrected chi connectivity index (χ2v) is 14.7. The molecule has 0 amide bonds. The van der Waals surface area contributed by atoms with Gasteiger partial charge in [-0.05, 0) is 19.4 Å². The number of phosphoric acid groups is 4. The monoisotopic (exact) mass is 670 g/mol. The minimum Gasteiger partial charge on any atom is -0.390 e. The molecule has 9 N–H and O–H groups in total. The highest BCUT2D eigenvalue weighted by Gasteiger charge is 2.46. The van der Waals surface area contributed by atoms with E-state index in [4.69, 9.17) is 16.2 Å². The van der Waals surface area contributed by atoms with Gasteiger partial charge in [0.25, 0.3) is 0 Å². The third-order valence-electron chi connectivity index (χ3n) is 5.28. The third kappa shape index (κ3) is 10.5. The fraction of sp³-hybridized carbons (Fsp3) is 0.688. The Hall–Kier alpha value is -1.21. The van der Waals surface area contributed by atoms with Crippen LogP contribution in [0.4, 0.5) is 5.82 Å².